The van der Waals surface area contributed by atoms with Crippen molar-refractivity contribution in [3.63, 3.8) is 0 Å². The number of hydrogen-bond donors (Lipinski definition) is 2. The Morgan fingerprint density at radius 1 is 1.24 bits per heavy atom. The van der Waals surface area contributed by atoms with Gasteiger partial charge < -0.3 is 20.8 Å². The van der Waals surface area contributed by atoms with E-state index in [-0.39, 0.29) is 24.0 Å². The molecule has 1 unspecified atom stereocenters. The molecule has 0 bridgehead atoms. The second-order valence-electron chi connectivity index (χ2n) is 9.54. The molecular weight excluding hydrogens is 468 g/mol. The predicted octanol–water partition coefficient (Wildman–Crippen LogP) is 4.11. The lowest BCUT2D eigenvalue weighted by atomic mass is 10.0. The number of amides is 1. The molecule has 188 valence electrons. The van der Waals surface area contributed by atoms with Crippen molar-refractivity contribution in [1.82, 2.24) is 24.7 Å². The van der Waals surface area contributed by atoms with Gasteiger partial charge >= 0.3 is 0 Å². The molecule has 2 fully saturated rings. The van der Waals surface area contributed by atoms with Gasteiger partial charge in [0.15, 0.2) is 0 Å². The first-order valence-corrected chi connectivity index (χ1v) is 12.5. The van der Waals surface area contributed by atoms with Gasteiger partial charge in [0, 0.05) is 73.0 Å². The minimum atomic E-state index is -0.0582. The minimum Gasteiger partial charge on any atom is -0.383 e. The Kier molecular flexibility index (Phi) is 6.09. The van der Waals surface area contributed by atoms with Gasteiger partial charge in [-0.3, -0.25) is 9.78 Å². The highest BCUT2D eigenvalue weighted by molar-refractivity contribution is 6.00. The Labute approximate surface area is 214 Å². The molecule has 6 rings (SSSR count). The van der Waals surface area contributed by atoms with E-state index in [0.29, 0.717) is 17.3 Å². The normalized spacial score (nSPS) is 21.4. The van der Waals surface area contributed by atoms with Crippen LogP contribution in [0.2, 0.25) is 0 Å². The van der Waals surface area contributed by atoms with Crippen molar-refractivity contribution in [2.45, 2.75) is 31.9 Å². The number of aliphatic imine (C=N–C) groups is 1. The fraction of sp³-hybridized carbons (Fsp3) is 0.333. The Balaban J connectivity index is 1.31. The molecule has 37 heavy (non-hydrogen) atoms. The number of pyridine rings is 3. The van der Waals surface area contributed by atoms with Crippen LogP contribution in [-0.2, 0) is 9.53 Å². The van der Waals surface area contributed by atoms with E-state index < -0.39 is 0 Å². The summed E-state index contributed by atoms with van der Waals surface area (Å²) in [6.07, 6.45) is 14.8. The summed E-state index contributed by atoms with van der Waals surface area (Å²) in [6.45, 7) is 0.756. The number of carbonyl (C=O) groups excluding carboxylic acids is 1. The van der Waals surface area contributed by atoms with Crippen molar-refractivity contribution < 1.29 is 9.53 Å². The van der Waals surface area contributed by atoms with Crippen LogP contribution in [-0.4, -0.2) is 50.5 Å². The van der Waals surface area contributed by atoms with Crippen LogP contribution in [0.5, 0.6) is 0 Å². The number of hydrogen-bond acceptors (Lipinski definition) is 8. The van der Waals surface area contributed by atoms with E-state index in [4.69, 9.17) is 10.5 Å². The molecule has 5 heterocycles. The third-order valence-corrected chi connectivity index (χ3v) is 6.97. The molecule has 0 spiro atoms. The largest absolute Gasteiger partial charge is 0.383 e. The minimum absolute atomic E-state index is 0.0384. The maximum atomic E-state index is 12.6. The first-order valence-electron chi connectivity index (χ1n) is 12.5. The van der Waals surface area contributed by atoms with E-state index in [9.17, 15) is 4.79 Å². The van der Waals surface area contributed by atoms with E-state index in [2.05, 4.69) is 30.4 Å². The summed E-state index contributed by atoms with van der Waals surface area (Å²) in [5.74, 6) is 0.938. The average Bonchev–Trinajstić information content (AvgIpc) is 3.52. The summed E-state index contributed by atoms with van der Waals surface area (Å²) in [7, 11) is 1.72. The summed E-state index contributed by atoms with van der Waals surface area (Å²) in [6, 6.07) is 5.72. The Morgan fingerprint density at radius 3 is 3.00 bits per heavy atom. The topological polar surface area (TPSA) is 133 Å². The van der Waals surface area contributed by atoms with E-state index in [1.54, 1.807) is 25.6 Å². The van der Waals surface area contributed by atoms with Crippen LogP contribution in [0, 0.1) is 11.8 Å². The molecule has 1 saturated carbocycles. The Morgan fingerprint density at radius 2 is 2.16 bits per heavy atom. The molecule has 0 aromatic carbocycles. The van der Waals surface area contributed by atoms with Crippen LogP contribution < -0.4 is 11.1 Å². The van der Waals surface area contributed by atoms with Gasteiger partial charge in [-0.1, -0.05) is 0 Å². The highest BCUT2D eigenvalue weighted by Gasteiger charge is 2.41. The van der Waals surface area contributed by atoms with Crippen LogP contribution in [0.25, 0.3) is 33.2 Å². The third-order valence-electron chi connectivity index (χ3n) is 6.97. The highest BCUT2D eigenvalue weighted by Crippen LogP contribution is 2.38. The number of nitrogens with zero attached hydrogens (tertiary/aromatic N) is 6. The number of nitrogen functional groups attached to an aromatic ring is 1. The lowest BCUT2D eigenvalue weighted by molar-refractivity contribution is -0.117. The fourth-order valence-corrected chi connectivity index (χ4v) is 4.89. The average molecular weight is 497 g/mol. The fourth-order valence-electron chi connectivity index (χ4n) is 4.89. The smallest absolute Gasteiger partial charge is 0.229 e. The molecule has 3 N–H and O–H groups in total. The SMILES string of the molecule is CN=C[C@H]1C[C@@H]1C(=O)Nc1cc2cc(-c3cnccc3-c3cnn(C4CCCCO4)c3)nc(N)c2cn1. The first-order chi connectivity index (χ1) is 18.1. The van der Waals surface area contributed by atoms with Crippen molar-refractivity contribution >= 4 is 34.5 Å². The molecule has 1 aliphatic heterocycles. The molecule has 2 aliphatic rings. The van der Waals surface area contributed by atoms with Crippen molar-refractivity contribution in [3.05, 3.63) is 49.2 Å². The van der Waals surface area contributed by atoms with Gasteiger partial charge in [0.2, 0.25) is 5.91 Å². The monoisotopic (exact) mass is 496 g/mol. The number of carbonyl (C=O) groups is 1. The van der Waals surface area contributed by atoms with Crippen LogP contribution in [0.3, 0.4) is 0 Å². The zero-order valence-corrected chi connectivity index (χ0v) is 20.5. The van der Waals surface area contributed by atoms with Crippen molar-refractivity contribution in [2.75, 3.05) is 24.7 Å². The summed E-state index contributed by atoms with van der Waals surface area (Å²) >= 11 is 0. The maximum absolute atomic E-state index is 12.6. The molecule has 1 aliphatic carbocycles. The number of fused-ring (bicyclic) bond motifs is 1. The van der Waals surface area contributed by atoms with Crippen molar-refractivity contribution in [1.29, 1.82) is 0 Å². The quantitative estimate of drug-likeness (QED) is 0.384. The van der Waals surface area contributed by atoms with Gasteiger partial charge in [-0.15, -0.1) is 0 Å². The Bertz CT molecular complexity index is 1490. The number of ether oxygens (including phenoxy) is 1. The predicted molar refractivity (Wildman–Crippen MR) is 142 cm³/mol. The van der Waals surface area contributed by atoms with E-state index in [0.717, 1.165) is 59.8 Å². The molecule has 1 saturated heterocycles. The van der Waals surface area contributed by atoms with Crippen LogP contribution >= 0.6 is 0 Å². The van der Waals surface area contributed by atoms with Gasteiger partial charge in [-0.25, -0.2) is 14.6 Å². The van der Waals surface area contributed by atoms with Gasteiger partial charge in [0.25, 0.3) is 0 Å². The zero-order valence-electron chi connectivity index (χ0n) is 20.5. The molecule has 1 amide bonds. The lowest BCUT2D eigenvalue weighted by Crippen LogP contribution is -2.18. The van der Waals surface area contributed by atoms with Crippen molar-refractivity contribution in [2.24, 2.45) is 16.8 Å². The number of nitrogens with one attached hydrogen (secondary N) is 1. The zero-order chi connectivity index (χ0) is 25.4. The molecule has 3 atom stereocenters. The molecular formula is C27H28N8O2. The number of nitrogens with two attached hydrogens (primary N) is 1. The number of aromatic nitrogens is 5. The summed E-state index contributed by atoms with van der Waals surface area (Å²) in [4.78, 5) is 30.0. The second-order valence-corrected chi connectivity index (χ2v) is 9.54. The number of rotatable bonds is 6. The summed E-state index contributed by atoms with van der Waals surface area (Å²) < 4.78 is 7.77. The summed E-state index contributed by atoms with van der Waals surface area (Å²) in [5.41, 5.74) is 9.75. The Hall–Kier alpha value is -4.18. The third kappa shape index (κ3) is 4.67. The highest BCUT2D eigenvalue weighted by atomic mass is 16.5. The van der Waals surface area contributed by atoms with Gasteiger partial charge in [-0.05, 0) is 54.8 Å². The number of anilines is 2. The van der Waals surface area contributed by atoms with Crippen molar-refractivity contribution in [3.8, 4) is 22.4 Å². The van der Waals surface area contributed by atoms with E-state index in [1.165, 1.54) is 0 Å². The first kappa shape index (κ1) is 23.2. The van der Waals surface area contributed by atoms with Crippen LogP contribution in [0.4, 0.5) is 11.6 Å². The van der Waals surface area contributed by atoms with E-state index in [1.807, 2.05) is 41.5 Å². The summed E-state index contributed by atoms with van der Waals surface area (Å²) in [5, 5.41) is 9.04. The van der Waals surface area contributed by atoms with E-state index >= 15 is 0 Å². The lowest BCUT2D eigenvalue weighted by Gasteiger charge is -2.22. The standard InChI is InChI=1S/C27H28N8O2/c1-29-11-17-8-20(17)27(36)34-24-10-16-9-23(33-26(28)21(16)14-31-24)22-13-30-6-5-19(22)18-12-32-35(15-18)25-4-2-3-7-37-25/h5-6,9-15,17,20,25H,2-4,7-8H2,1H3,(H2,28,33)(H,31,34,36)/t17-,20+,25?/m1/s1. The molecule has 4 aromatic rings. The molecule has 0 radical (unpaired) electrons. The van der Waals surface area contributed by atoms with Crippen LogP contribution in [0.1, 0.15) is 31.9 Å². The molecule has 10 nitrogen and oxygen atoms in total. The second kappa shape index (κ2) is 9.70. The van der Waals surface area contributed by atoms with Gasteiger partial charge in [0.05, 0.1) is 11.9 Å². The van der Waals surface area contributed by atoms with Gasteiger partial charge in [-0.2, -0.15) is 5.10 Å². The molecule has 10 heteroatoms. The van der Waals surface area contributed by atoms with Crippen LogP contribution in [0.15, 0.2) is 54.2 Å². The van der Waals surface area contributed by atoms with Gasteiger partial charge in [0.1, 0.15) is 17.9 Å². The molecule has 4 aromatic heterocycles. The maximum Gasteiger partial charge on any atom is 0.229 e.